The summed E-state index contributed by atoms with van der Waals surface area (Å²) < 4.78 is 37.1. The molecule has 0 amide bonds. The lowest BCUT2D eigenvalue weighted by Gasteiger charge is -2.34. The first-order valence-electron chi connectivity index (χ1n) is 9.23. The highest BCUT2D eigenvalue weighted by molar-refractivity contribution is 7.99. The molecule has 2 aromatic carbocycles. The van der Waals surface area contributed by atoms with Crippen molar-refractivity contribution in [1.82, 2.24) is 10.2 Å². The molecule has 28 heavy (non-hydrogen) atoms. The summed E-state index contributed by atoms with van der Waals surface area (Å²) in [6, 6.07) is 12.3. The molecule has 1 aliphatic rings. The molecular weight excluding hydrogens is 397 g/mol. The molecule has 0 bridgehead atoms. The number of nitrogens with zero attached hydrogens (tertiary/aromatic N) is 1. The molecule has 0 radical (unpaired) electrons. The highest BCUT2D eigenvalue weighted by Gasteiger charge is 2.22. The molecule has 0 unspecified atom stereocenters. The van der Waals surface area contributed by atoms with Crippen LogP contribution in [0.2, 0.25) is 0 Å². The Morgan fingerprint density at radius 3 is 2.61 bits per heavy atom. The third-order valence-electron chi connectivity index (χ3n) is 4.88. The van der Waals surface area contributed by atoms with E-state index < -0.39 is 10.0 Å². The van der Waals surface area contributed by atoms with Crippen LogP contribution in [0.3, 0.4) is 0 Å². The lowest BCUT2D eigenvalue weighted by atomic mass is 10.1. The van der Waals surface area contributed by atoms with Crippen molar-refractivity contribution in [2.45, 2.75) is 34.9 Å². The van der Waals surface area contributed by atoms with E-state index in [9.17, 15) is 12.8 Å². The van der Waals surface area contributed by atoms with E-state index in [2.05, 4.69) is 17.1 Å². The number of sulfonamides is 1. The largest absolute Gasteiger partial charge is 0.312 e. The zero-order chi connectivity index (χ0) is 20.3. The van der Waals surface area contributed by atoms with Crippen molar-refractivity contribution in [2.24, 2.45) is 5.14 Å². The van der Waals surface area contributed by atoms with Gasteiger partial charge in [-0.2, -0.15) is 0 Å². The summed E-state index contributed by atoms with van der Waals surface area (Å²) in [5.74, 6) is -0.207. The van der Waals surface area contributed by atoms with Crippen molar-refractivity contribution < 1.29 is 12.8 Å². The van der Waals surface area contributed by atoms with E-state index in [1.807, 2.05) is 12.1 Å². The third-order valence-corrected chi connectivity index (χ3v) is 7.05. The predicted molar refractivity (Wildman–Crippen MR) is 111 cm³/mol. The molecule has 152 valence electrons. The average Bonchev–Trinajstić information content (AvgIpc) is 2.63. The van der Waals surface area contributed by atoms with Gasteiger partial charge in [-0.3, -0.25) is 4.90 Å². The number of hydrogen-bond donors (Lipinski definition) is 2. The first-order valence-corrected chi connectivity index (χ1v) is 11.7. The Labute approximate surface area is 170 Å². The number of rotatable bonds is 6. The second-order valence-electron chi connectivity index (χ2n) is 7.25. The van der Waals surface area contributed by atoms with Gasteiger partial charge < -0.3 is 5.32 Å². The number of primary sulfonamides is 1. The van der Waals surface area contributed by atoms with Crippen LogP contribution in [0, 0.1) is 12.7 Å². The number of thioether (sulfide) groups is 1. The Morgan fingerprint density at radius 1 is 1.29 bits per heavy atom. The maximum Gasteiger partial charge on any atom is 0.238 e. The van der Waals surface area contributed by atoms with E-state index in [1.54, 1.807) is 36.9 Å². The summed E-state index contributed by atoms with van der Waals surface area (Å²) in [6.07, 6.45) is 0. The fraction of sp³-hybridized carbons (Fsp3) is 0.400. The van der Waals surface area contributed by atoms with Gasteiger partial charge in [-0.15, -0.1) is 11.8 Å². The van der Waals surface area contributed by atoms with Gasteiger partial charge in [0.25, 0.3) is 0 Å². The molecule has 1 fully saturated rings. The Hall–Kier alpha value is -1.45. The minimum atomic E-state index is -3.71. The molecule has 1 saturated heterocycles. The van der Waals surface area contributed by atoms with E-state index in [1.165, 1.54) is 12.1 Å². The highest BCUT2D eigenvalue weighted by atomic mass is 32.2. The molecule has 1 heterocycles. The van der Waals surface area contributed by atoms with Gasteiger partial charge in [-0.05, 0) is 55.3 Å². The topological polar surface area (TPSA) is 75.4 Å². The lowest BCUT2D eigenvalue weighted by Crippen LogP contribution is -2.49. The summed E-state index contributed by atoms with van der Waals surface area (Å²) in [7, 11) is -3.71. The fourth-order valence-electron chi connectivity index (χ4n) is 3.30. The van der Waals surface area contributed by atoms with Crippen LogP contribution in [0.5, 0.6) is 0 Å². The standard InChI is InChI=1S/C20H26FN3O2S2/c1-14-3-4-16(11-19(14)21)20(13-24-10-9-23-15(2)12-24)27-17-5-7-18(8-6-17)28(22,25)26/h3-8,11,15,20,23H,9-10,12-13H2,1-2H3,(H2,22,25,26)/t15-,20-/m1/s1. The highest BCUT2D eigenvalue weighted by Crippen LogP contribution is 2.37. The Balaban J connectivity index is 1.83. The Kier molecular flexibility index (Phi) is 6.77. The summed E-state index contributed by atoms with van der Waals surface area (Å²) in [5, 5.41) is 8.64. The van der Waals surface area contributed by atoms with Gasteiger partial charge in [0.05, 0.1) is 4.90 Å². The van der Waals surface area contributed by atoms with Crippen LogP contribution in [0.1, 0.15) is 23.3 Å². The van der Waals surface area contributed by atoms with Gasteiger partial charge >= 0.3 is 0 Å². The van der Waals surface area contributed by atoms with Crippen molar-refractivity contribution >= 4 is 21.8 Å². The zero-order valence-electron chi connectivity index (χ0n) is 16.1. The molecule has 1 aliphatic heterocycles. The SMILES string of the molecule is Cc1ccc([C@@H](CN2CCN[C@H](C)C2)Sc2ccc(S(N)(=O)=O)cc2)cc1F. The van der Waals surface area contributed by atoms with Crippen LogP contribution in [-0.4, -0.2) is 45.5 Å². The van der Waals surface area contributed by atoms with Crippen LogP contribution < -0.4 is 10.5 Å². The summed E-state index contributed by atoms with van der Waals surface area (Å²) >= 11 is 1.61. The second kappa shape index (κ2) is 8.92. The first-order chi connectivity index (χ1) is 13.2. The molecule has 0 aromatic heterocycles. The first kappa shape index (κ1) is 21.3. The maximum absolute atomic E-state index is 14.2. The molecule has 0 spiro atoms. The smallest absolute Gasteiger partial charge is 0.238 e. The van der Waals surface area contributed by atoms with E-state index in [0.29, 0.717) is 11.6 Å². The molecule has 5 nitrogen and oxygen atoms in total. The van der Waals surface area contributed by atoms with Crippen molar-refractivity contribution in [1.29, 1.82) is 0 Å². The predicted octanol–water partition coefficient (Wildman–Crippen LogP) is 2.91. The van der Waals surface area contributed by atoms with Crippen LogP contribution in [-0.2, 0) is 10.0 Å². The minimum absolute atomic E-state index is 0.0285. The van der Waals surface area contributed by atoms with Gasteiger partial charge in [0.15, 0.2) is 0 Å². The maximum atomic E-state index is 14.2. The normalized spacial score (nSPS) is 19.5. The van der Waals surface area contributed by atoms with E-state index in [0.717, 1.165) is 36.6 Å². The monoisotopic (exact) mass is 423 g/mol. The number of nitrogens with one attached hydrogen (secondary N) is 1. The van der Waals surface area contributed by atoms with Crippen LogP contribution >= 0.6 is 11.8 Å². The van der Waals surface area contributed by atoms with Crippen molar-refractivity contribution in [3.63, 3.8) is 0 Å². The second-order valence-corrected chi connectivity index (χ2v) is 10.1. The summed E-state index contributed by atoms with van der Waals surface area (Å²) in [5.41, 5.74) is 1.55. The zero-order valence-corrected chi connectivity index (χ0v) is 17.7. The molecule has 8 heteroatoms. The van der Waals surface area contributed by atoms with Crippen molar-refractivity contribution in [3.8, 4) is 0 Å². The van der Waals surface area contributed by atoms with E-state index in [4.69, 9.17) is 5.14 Å². The minimum Gasteiger partial charge on any atom is -0.312 e. The Morgan fingerprint density at radius 2 is 2.00 bits per heavy atom. The number of halogens is 1. The van der Waals surface area contributed by atoms with Crippen molar-refractivity contribution in [3.05, 3.63) is 59.4 Å². The van der Waals surface area contributed by atoms with Gasteiger partial charge in [-0.1, -0.05) is 12.1 Å². The van der Waals surface area contributed by atoms with E-state index >= 15 is 0 Å². The molecule has 2 atom stereocenters. The van der Waals surface area contributed by atoms with Crippen molar-refractivity contribution in [2.75, 3.05) is 26.2 Å². The Bertz CT molecular complexity index is 920. The molecule has 2 aromatic rings. The number of aryl methyl sites for hydroxylation is 1. The fourth-order valence-corrected chi connectivity index (χ4v) is 5.01. The molecule has 0 saturated carbocycles. The number of piperazine rings is 1. The van der Waals surface area contributed by atoms with Crippen LogP contribution in [0.4, 0.5) is 4.39 Å². The van der Waals surface area contributed by atoms with Crippen LogP contribution in [0.25, 0.3) is 0 Å². The third kappa shape index (κ3) is 5.55. The van der Waals surface area contributed by atoms with Gasteiger partial charge in [0.1, 0.15) is 5.82 Å². The number of benzene rings is 2. The molecule has 0 aliphatic carbocycles. The lowest BCUT2D eigenvalue weighted by molar-refractivity contribution is 0.208. The van der Waals surface area contributed by atoms with Crippen LogP contribution in [0.15, 0.2) is 52.3 Å². The van der Waals surface area contributed by atoms with Gasteiger partial charge in [0.2, 0.25) is 10.0 Å². The molecule has 3 N–H and O–H groups in total. The van der Waals surface area contributed by atoms with E-state index in [-0.39, 0.29) is 16.0 Å². The number of hydrogen-bond acceptors (Lipinski definition) is 5. The van der Waals surface area contributed by atoms with Gasteiger partial charge in [-0.25, -0.2) is 17.9 Å². The summed E-state index contributed by atoms with van der Waals surface area (Å²) in [6.45, 7) is 7.52. The van der Waals surface area contributed by atoms with Gasteiger partial charge in [0, 0.05) is 42.4 Å². The quantitative estimate of drug-likeness (QED) is 0.699. The molecular formula is C20H26FN3O2S2. The molecule has 3 rings (SSSR count). The average molecular weight is 424 g/mol. The summed E-state index contributed by atoms with van der Waals surface area (Å²) in [4.78, 5) is 3.39. The number of nitrogens with two attached hydrogens (primary N) is 1.